The van der Waals surface area contributed by atoms with Gasteiger partial charge in [0.2, 0.25) is 5.13 Å². The van der Waals surface area contributed by atoms with Crippen molar-refractivity contribution in [2.45, 2.75) is 13.8 Å². The number of anilines is 1. The smallest absolute Gasteiger partial charge is 0.261 e. The minimum absolute atomic E-state index is 0.0789. The largest absolute Gasteiger partial charge is 0.283 e. The van der Waals surface area contributed by atoms with Gasteiger partial charge >= 0.3 is 0 Å². The molecule has 2 heterocycles. The van der Waals surface area contributed by atoms with Gasteiger partial charge in [-0.15, -0.1) is 0 Å². The monoisotopic (exact) mass is 360 g/mol. The van der Waals surface area contributed by atoms with Gasteiger partial charge in [-0.3, -0.25) is 14.7 Å². The Morgan fingerprint density at radius 1 is 1.20 bits per heavy atom. The normalized spacial score (nSPS) is 10.7. The Balaban J connectivity index is 1.98. The zero-order valence-corrected chi connectivity index (χ0v) is 14.3. The highest BCUT2D eigenvalue weighted by Crippen LogP contribution is 2.28. The van der Waals surface area contributed by atoms with Crippen molar-refractivity contribution in [1.82, 2.24) is 14.3 Å². The van der Waals surface area contributed by atoms with Crippen LogP contribution in [-0.2, 0) is 0 Å². The summed E-state index contributed by atoms with van der Waals surface area (Å²) in [7, 11) is 0. The van der Waals surface area contributed by atoms with E-state index < -0.39 is 11.6 Å². The maximum Gasteiger partial charge on any atom is 0.261 e. The molecule has 128 valence electrons. The number of carbonyl (C=O) groups excluding carboxylic acids is 1. The second-order valence-electron chi connectivity index (χ2n) is 5.18. The zero-order chi connectivity index (χ0) is 18.0. The van der Waals surface area contributed by atoms with Gasteiger partial charge in [-0.2, -0.15) is 9.36 Å². The van der Waals surface area contributed by atoms with E-state index in [1.54, 1.807) is 32.2 Å². The number of nitrogens with zero attached hydrogens (tertiary/aromatic N) is 4. The molecule has 0 atom stereocenters. The van der Waals surface area contributed by atoms with Gasteiger partial charge in [0, 0.05) is 30.0 Å². The average molecular weight is 360 g/mol. The second kappa shape index (κ2) is 7.02. The summed E-state index contributed by atoms with van der Waals surface area (Å²) in [6.07, 6.45) is 1.60. The minimum Gasteiger partial charge on any atom is -0.283 e. The van der Waals surface area contributed by atoms with Crippen LogP contribution in [0.1, 0.15) is 23.0 Å². The van der Waals surface area contributed by atoms with Gasteiger partial charge in [0.15, 0.2) is 5.82 Å². The van der Waals surface area contributed by atoms with Gasteiger partial charge in [-0.25, -0.2) is 8.78 Å². The van der Waals surface area contributed by atoms with E-state index in [2.05, 4.69) is 14.3 Å². The molecule has 0 saturated carbocycles. The lowest BCUT2D eigenvalue weighted by molar-refractivity contribution is 0.0987. The molecule has 5 nitrogen and oxygen atoms in total. The van der Waals surface area contributed by atoms with Crippen LogP contribution in [0.15, 0.2) is 36.5 Å². The topological polar surface area (TPSA) is 59.0 Å². The van der Waals surface area contributed by atoms with Gasteiger partial charge in [-0.1, -0.05) is 6.07 Å². The number of hydrogen-bond acceptors (Lipinski definition) is 5. The SMILES string of the molecule is CCN(C(=O)c1cccnc1C)c1nc(-c2c(F)cccc2F)ns1. The fraction of sp³-hybridized carbons (Fsp3) is 0.176. The molecule has 2 aromatic heterocycles. The van der Waals surface area contributed by atoms with Crippen LogP contribution in [-0.4, -0.2) is 26.8 Å². The summed E-state index contributed by atoms with van der Waals surface area (Å²) >= 11 is 0.914. The van der Waals surface area contributed by atoms with Gasteiger partial charge < -0.3 is 0 Å². The Morgan fingerprint density at radius 3 is 2.56 bits per heavy atom. The molecule has 0 aliphatic rings. The first-order valence-corrected chi connectivity index (χ1v) is 8.31. The molecule has 0 unspecified atom stereocenters. The maximum absolute atomic E-state index is 13.9. The van der Waals surface area contributed by atoms with Crippen molar-refractivity contribution >= 4 is 22.6 Å². The molecule has 0 N–H and O–H groups in total. The van der Waals surface area contributed by atoms with Crippen LogP contribution < -0.4 is 4.90 Å². The lowest BCUT2D eigenvalue weighted by Crippen LogP contribution is -2.31. The molecular weight excluding hydrogens is 346 g/mol. The zero-order valence-electron chi connectivity index (χ0n) is 13.5. The Kier molecular flexibility index (Phi) is 4.80. The number of aromatic nitrogens is 3. The maximum atomic E-state index is 13.9. The number of pyridine rings is 1. The Labute approximate surface area is 147 Å². The summed E-state index contributed by atoms with van der Waals surface area (Å²) < 4.78 is 31.8. The van der Waals surface area contributed by atoms with Crippen molar-refractivity contribution in [2.75, 3.05) is 11.4 Å². The van der Waals surface area contributed by atoms with E-state index in [4.69, 9.17) is 0 Å². The molecule has 25 heavy (non-hydrogen) atoms. The summed E-state index contributed by atoms with van der Waals surface area (Å²) in [5.41, 5.74) is 0.736. The third-order valence-corrected chi connectivity index (χ3v) is 4.37. The van der Waals surface area contributed by atoms with Crippen LogP contribution in [0.2, 0.25) is 0 Å². The molecule has 1 aromatic carbocycles. The quantitative estimate of drug-likeness (QED) is 0.709. The highest BCUT2D eigenvalue weighted by molar-refractivity contribution is 7.10. The Hall–Kier alpha value is -2.74. The summed E-state index contributed by atoms with van der Waals surface area (Å²) in [4.78, 5) is 22.4. The van der Waals surface area contributed by atoms with E-state index in [0.29, 0.717) is 17.8 Å². The van der Waals surface area contributed by atoms with Gasteiger partial charge in [0.25, 0.3) is 5.91 Å². The van der Waals surface area contributed by atoms with Crippen LogP contribution in [0.3, 0.4) is 0 Å². The second-order valence-corrected chi connectivity index (χ2v) is 5.91. The minimum atomic E-state index is -0.748. The number of rotatable bonds is 4. The molecule has 0 fully saturated rings. The van der Waals surface area contributed by atoms with E-state index in [1.165, 1.54) is 11.0 Å². The summed E-state index contributed by atoms with van der Waals surface area (Å²) in [6, 6.07) is 6.90. The third kappa shape index (κ3) is 3.25. The standard InChI is InChI=1S/C17H14F2N4OS/c1-3-23(16(24)11-6-5-9-20-10(11)2)17-21-15(22-25-17)14-12(18)7-4-8-13(14)19/h4-9H,3H2,1-2H3. The number of aryl methyl sites for hydroxylation is 1. The van der Waals surface area contributed by atoms with Crippen LogP contribution in [0.25, 0.3) is 11.4 Å². The van der Waals surface area contributed by atoms with Crippen LogP contribution in [0.4, 0.5) is 13.9 Å². The number of benzene rings is 1. The molecule has 0 spiro atoms. The fourth-order valence-electron chi connectivity index (χ4n) is 2.36. The molecule has 0 saturated heterocycles. The van der Waals surface area contributed by atoms with E-state index in [0.717, 1.165) is 23.7 Å². The van der Waals surface area contributed by atoms with Crippen molar-refractivity contribution in [3.63, 3.8) is 0 Å². The molecule has 0 aliphatic carbocycles. The summed E-state index contributed by atoms with van der Waals surface area (Å²) in [6.45, 7) is 3.86. The number of amides is 1. The lowest BCUT2D eigenvalue weighted by Gasteiger charge is -2.17. The molecule has 3 rings (SSSR count). The molecule has 0 aliphatic heterocycles. The fourth-order valence-corrected chi connectivity index (χ4v) is 3.10. The van der Waals surface area contributed by atoms with Crippen LogP contribution in [0.5, 0.6) is 0 Å². The highest BCUT2D eigenvalue weighted by atomic mass is 32.1. The van der Waals surface area contributed by atoms with Crippen molar-refractivity contribution in [3.8, 4) is 11.4 Å². The summed E-state index contributed by atoms with van der Waals surface area (Å²) in [5.74, 6) is -1.86. The molecule has 1 amide bonds. The molecular formula is C17H14F2N4OS. The van der Waals surface area contributed by atoms with Crippen molar-refractivity contribution < 1.29 is 13.6 Å². The van der Waals surface area contributed by atoms with E-state index >= 15 is 0 Å². The highest BCUT2D eigenvalue weighted by Gasteiger charge is 2.23. The molecule has 3 aromatic rings. The van der Waals surface area contributed by atoms with Gasteiger partial charge in [-0.05, 0) is 38.1 Å². The number of carbonyl (C=O) groups is 1. The van der Waals surface area contributed by atoms with Crippen LogP contribution >= 0.6 is 11.5 Å². The van der Waals surface area contributed by atoms with Crippen molar-refractivity contribution in [3.05, 3.63) is 59.4 Å². The Bertz CT molecular complexity index is 908. The number of halogens is 2. The predicted molar refractivity (Wildman–Crippen MR) is 91.6 cm³/mol. The van der Waals surface area contributed by atoms with Gasteiger partial charge in [0.1, 0.15) is 11.6 Å². The summed E-state index contributed by atoms with van der Waals surface area (Å²) in [5, 5.41) is 0.272. The van der Waals surface area contributed by atoms with Gasteiger partial charge in [0.05, 0.1) is 11.1 Å². The van der Waals surface area contributed by atoms with E-state index in [-0.39, 0.29) is 22.4 Å². The third-order valence-electron chi connectivity index (χ3n) is 3.63. The first-order valence-electron chi connectivity index (χ1n) is 7.54. The molecule has 0 bridgehead atoms. The molecule has 0 radical (unpaired) electrons. The predicted octanol–water partition coefficient (Wildman–Crippen LogP) is 3.85. The van der Waals surface area contributed by atoms with E-state index in [1.807, 2.05) is 0 Å². The first-order chi connectivity index (χ1) is 12.0. The first kappa shape index (κ1) is 17.1. The molecule has 8 heteroatoms. The number of hydrogen-bond donors (Lipinski definition) is 0. The lowest BCUT2D eigenvalue weighted by atomic mass is 10.2. The average Bonchev–Trinajstić information content (AvgIpc) is 3.05. The van der Waals surface area contributed by atoms with Crippen molar-refractivity contribution in [1.29, 1.82) is 0 Å². The van der Waals surface area contributed by atoms with E-state index in [9.17, 15) is 13.6 Å². The Morgan fingerprint density at radius 2 is 1.92 bits per heavy atom. The van der Waals surface area contributed by atoms with Crippen LogP contribution in [0, 0.1) is 18.6 Å². The van der Waals surface area contributed by atoms with Crippen molar-refractivity contribution in [2.24, 2.45) is 0 Å².